The molecule has 0 saturated carbocycles. The third-order valence-electron chi connectivity index (χ3n) is 4.03. The van der Waals surface area contributed by atoms with Gasteiger partial charge < -0.3 is 15.0 Å². The Kier molecular flexibility index (Phi) is 6.12. The second-order valence-corrected chi connectivity index (χ2v) is 5.69. The number of nitrogens with zero attached hydrogens (tertiary/aromatic N) is 1. The highest BCUT2D eigenvalue weighted by atomic mass is 16.5. The molecule has 1 aromatic carbocycles. The van der Waals surface area contributed by atoms with E-state index in [9.17, 15) is 14.4 Å². The van der Waals surface area contributed by atoms with E-state index in [0.29, 0.717) is 18.7 Å². The molecule has 0 bridgehead atoms. The molecule has 2 rings (SSSR count). The largest absolute Gasteiger partial charge is 0.467 e. The van der Waals surface area contributed by atoms with E-state index in [1.807, 2.05) is 6.07 Å². The van der Waals surface area contributed by atoms with Crippen LogP contribution in [-0.2, 0) is 25.5 Å². The van der Waals surface area contributed by atoms with Gasteiger partial charge in [0.05, 0.1) is 13.5 Å². The molecular formula is C18H22N2O4. The van der Waals surface area contributed by atoms with Gasteiger partial charge in [0, 0.05) is 12.2 Å². The maximum absolute atomic E-state index is 12.6. The zero-order chi connectivity index (χ0) is 17.5. The van der Waals surface area contributed by atoms with Crippen molar-refractivity contribution >= 4 is 23.5 Å². The van der Waals surface area contributed by atoms with Crippen LogP contribution in [0.25, 0.3) is 0 Å². The number of rotatable bonds is 5. The molecule has 0 aromatic heterocycles. The molecule has 1 unspecified atom stereocenters. The third-order valence-corrected chi connectivity index (χ3v) is 4.03. The molecule has 1 aromatic rings. The van der Waals surface area contributed by atoms with Crippen molar-refractivity contribution in [3.05, 3.63) is 42.5 Å². The molecule has 2 amide bonds. The second-order valence-electron chi connectivity index (χ2n) is 5.69. The number of esters is 1. The van der Waals surface area contributed by atoms with Gasteiger partial charge in [0.15, 0.2) is 0 Å². The van der Waals surface area contributed by atoms with Crippen molar-refractivity contribution in [2.24, 2.45) is 0 Å². The van der Waals surface area contributed by atoms with E-state index in [1.165, 1.54) is 13.2 Å². The minimum Gasteiger partial charge on any atom is -0.467 e. The van der Waals surface area contributed by atoms with Crippen molar-refractivity contribution in [1.29, 1.82) is 0 Å². The van der Waals surface area contributed by atoms with E-state index in [1.54, 1.807) is 23.1 Å². The van der Waals surface area contributed by atoms with E-state index >= 15 is 0 Å². The van der Waals surface area contributed by atoms with Gasteiger partial charge in [-0.1, -0.05) is 18.7 Å². The van der Waals surface area contributed by atoms with Crippen LogP contribution in [0.1, 0.15) is 24.8 Å². The molecule has 128 valence electrons. The second kappa shape index (κ2) is 8.29. The molecule has 0 spiro atoms. The SMILES string of the molecule is C=CC(=O)Nc1cccc(CC(=O)N2CCCCC2C(=O)OC)c1. The van der Waals surface area contributed by atoms with E-state index in [2.05, 4.69) is 11.9 Å². The number of likely N-dealkylation sites (tertiary alicyclic amines) is 1. The number of hydrogen-bond acceptors (Lipinski definition) is 4. The summed E-state index contributed by atoms with van der Waals surface area (Å²) in [5, 5.41) is 2.66. The number of piperidine rings is 1. The fourth-order valence-corrected chi connectivity index (χ4v) is 2.84. The highest BCUT2D eigenvalue weighted by molar-refractivity contribution is 5.99. The first-order valence-electron chi connectivity index (χ1n) is 7.95. The van der Waals surface area contributed by atoms with Crippen LogP contribution in [0.4, 0.5) is 5.69 Å². The lowest BCUT2D eigenvalue weighted by Crippen LogP contribution is -2.49. The number of nitrogens with one attached hydrogen (secondary N) is 1. The van der Waals surface area contributed by atoms with Gasteiger partial charge in [-0.05, 0) is 43.0 Å². The molecule has 1 atom stereocenters. The molecule has 6 heteroatoms. The first-order valence-corrected chi connectivity index (χ1v) is 7.95. The lowest BCUT2D eigenvalue weighted by molar-refractivity contribution is -0.154. The van der Waals surface area contributed by atoms with Crippen LogP contribution in [-0.4, -0.2) is 42.4 Å². The molecule has 6 nitrogen and oxygen atoms in total. The van der Waals surface area contributed by atoms with Crippen LogP contribution >= 0.6 is 0 Å². The number of hydrogen-bond donors (Lipinski definition) is 1. The lowest BCUT2D eigenvalue weighted by Gasteiger charge is -2.33. The summed E-state index contributed by atoms with van der Waals surface area (Å²) in [6.45, 7) is 3.97. The third kappa shape index (κ3) is 4.44. The van der Waals surface area contributed by atoms with Crippen molar-refractivity contribution < 1.29 is 19.1 Å². The maximum atomic E-state index is 12.6. The number of anilines is 1. The van der Waals surface area contributed by atoms with Gasteiger partial charge in [-0.2, -0.15) is 0 Å². The molecule has 1 aliphatic rings. The molecule has 1 fully saturated rings. The lowest BCUT2D eigenvalue weighted by atomic mass is 10.0. The minimum atomic E-state index is -0.500. The molecule has 1 N–H and O–H groups in total. The van der Waals surface area contributed by atoms with Gasteiger partial charge >= 0.3 is 5.97 Å². The van der Waals surface area contributed by atoms with E-state index < -0.39 is 6.04 Å². The summed E-state index contributed by atoms with van der Waals surface area (Å²) in [6, 6.07) is 6.58. The van der Waals surface area contributed by atoms with Gasteiger partial charge in [-0.15, -0.1) is 0 Å². The van der Waals surface area contributed by atoms with Gasteiger partial charge in [-0.3, -0.25) is 9.59 Å². The summed E-state index contributed by atoms with van der Waals surface area (Å²) >= 11 is 0. The predicted molar refractivity (Wildman–Crippen MR) is 90.3 cm³/mol. The van der Waals surface area contributed by atoms with Gasteiger partial charge in [0.1, 0.15) is 6.04 Å². The van der Waals surface area contributed by atoms with Crippen molar-refractivity contribution in [3.63, 3.8) is 0 Å². The summed E-state index contributed by atoms with van der Waals surface area (Å²) in [5.74, 6) is -0.785. The van der Waals surface area contributed by atoms with E-state index in [0.717, 1.165) is 18.4 Å². The Morgan fingerprint density at radius 2 is 2.17 bits per heavy atom. The zero-order valence-corrected chi connectivity index (χ0v) is 13.8. The molecule has 0 aliphatic carbocycles. The Bertz CT molecular complexity index is 642. The van der Waals surface area contributed by atoms with Gasteiger partial charge in [-0.25, -0.2) is 4.79 Å². The van der Waals surface area contributed by atoms with Crippen LogP contribution in [0.2, 0.25) is 0 Å². The Morgan fingerprint density at radius 1 is 1.38 bits per heavy atom. The quantitative estimate of drug-likeness (QED) is 0.661. The number of carbonyl (C=O) groups is 3. The number of benzene rings is 1. The molecular weight excluding hydrogens is 308 g/mol. The standard InChI is InChI=1S/C18H22N2O4/c1-3-16(21)19-14-8-6-7-13(11-14)12-17(22)20-10-5-4-9-15(20)18(23)24-2/h3,6-8,11,15H,1,4-5,9-10,12H2,2H3,(H,19,21). The summed E-state index contributed by atoms with van der Waals surface area (Å²) in [5.41, 5.74) is 1.38. The molecule has 1 aliphatic heterocycles. The monoisotopic (exact) mass is 330 g/mol. The fourth-order valence-electron chi connectivity index (χ4n) is 2.84. The Morgan fingerprint density at radius 3 is 2.88 bits per heavy atom. The average molecular weight is 330 g/mol. The highest BCUT2D eigenvalue weighted by Gasteiger charge is 2.32. The molecule has 1 saturated heterocycles. The van der Waals surface area contributed by atoms with Crippen molar-refractivity contribution in [2.45, 2.75) is 31.7 Å². The Labute approximate surface area is 141 Å². The number of ether oxygens (including phenoxy) is 1. The predicted octanol–water partition coefficient (Wildman–Crippen LogP) is 1.91. The molecule has 24 heavy (non-hydrogen) atoms. The van der Waals surface area contributed by atoms with Crippen LogP contribution in [0.3, 0.4) is 0 Å². The van der Waals surface area contributed by atoms with Crippen LogP contribution in [0.15, 0.2) is 36.9 Å². The Balaban J connectivity index is 2.07. The minimum absolute atomic E-state index is 0.114. The summed E-state index contributed by atoms with van der Waals surface area (Å²) in [7, 11) is 1.34. The highest BCUT2D eigenvalue weighted by Crippen LogP contribution is 2.20. The number of carbonyl (C=O) groups excluding carboxylic acids is 3. The van der Waals surface area contributed by atoms with Crippen LogP contribution in [0.5, 0.6) is 0 Å². The van der Waals surface area contributed by atoms with Crippen LogP contribution in [0, 0.1) is 0 Å². The first-order chi connectivity index (χ1) is 11.5. The maximum Gasteiger partial charge on any atom is 0.328 e. The van der Waals surface area contributed by atoms with Crippen molar-refractivity contribution in [2.75, 3.05) is 19.0 Å². The normalized spacial score (nSPS) is 17.0. The topological polar surface area (TPSA) is 75.7 Å². The zero-order valence-electron chi connectivity index (χ0n) is 13.8. The van der Waals surface area contributed by atoms with Gasteiger partial charge in [0.25, 0.3) is 0 Å². The summed E-state index contributed by atoms with van der Waals surface area (Å²) < 4.78 is 4.81. The fraction of sp³-hybridized carbons (Fsp3) is 0.389. The van der Waals surface area contributed by atoms with Crippen LogP contribution < -0.4 is 5.32 Å². The Hall–Kier alpha value is -2.63. The van der Waals surface area contributed by atoms with Gasteiger partial charge in [0.2, 0.25) is 11.8 Å². The first kappa shape index (κ1) is 17.7. The molecule has 1 heterocycles. The number of amides is 2. The summed E-state index contributed by atoms with van der Waals surface area (Å²) in [4.78, 5) is 37.4. The van der Waals surface area contributed by atoms with E-state index in [-0.39, 0.29) is 24.2 Å². The van der Waals surface area contributed by atoms with Crippen molar-refractivity contribution in [1.82, 2.24) is 4.90 Å². The number of methoxy groups -OCH3 is 1. The van der Waals surface area contributed by atoms with Crippen molar-refractivity contribution in [3.8, 4) is 0 Å². The summed E-state index contributed by atoms with van der Waals surface area (Å²) in [6.07, 6.45) is 3.78. The van der Waals surface area contributed by atoms with E-state index in [4.69, 9.17) is 4.74 Å². The smallest absolute Gasteiger partial charge is 0.328 e. The average Bonchev–Trinajstić information content (AvgIpc) is 2.61. The molecule has 0 radical (unpaired) electrons.